The first-order chi connectivity index (χ1) is 23.2. The van der Waals surface area contributed by atoms with Crippen molar-refractivity contribution >= 4 is 32.7 Å². The summed E-state index contributed by atoms with van der Waals surface area (Å²) < 4.78 is 36.9. The molecule has 10 nitrogen and oxygen atoms in total. The number of fused-ring (bicyclic) bond motifs is 1. The van der Waals surface area contributed by atoms with E-state index in [9.17, 15) is 13.2 Å². The second kappa shape index (κ2) is 13.1. The molecule has 1 saturated heterocycles. The topological polar surface area (TPSA) is 111 Å². The van der Waals surface area contributed by atoms with Crippen LogP contribution < -0.4 is 10.1 Å². The maximum Gasteiger partial charge on any atom is 0.269 e. The molecule has 1 fully saturated rings. The minimum atomic E-state index is -4.04. The van der Waals surface area contributed by atoms with E-state index in [0.29, 0.717) is 23.2 Å². The van der Waals surface area contributed by atoms with Crippen molar-refractivity contribution in [1.29, 1.82) is 0 Å². The molecule has 11 heteroatoms. The van der Waals surface area contributed by atoms with Crippen molar-refractivity contribution in [3.63, 3.8) is 0 Å². The van der Waals surface area contributed by atoms with Gasteiger partial charge in [-0.25, -0.2) is 17.4 Å². The second-order valence-corrected chi connectivity index (χ2v) is 14.1. The van der Waals surface area contributed by atoms with Gasteiger partial charge in [-0.2, -0.15) is 5.10 Å². The van der Waals surface area contributed by atoms with E-state index < -0.39 is 15.9 Å². The molecular formula is C37H36N6O4S. The first-order valence-electron chi connectivity index (χ1n) is 15.9. The van der Waals surface area contributed by atoms with Crippen molar-refractivity contribution in [1.82, 2.24) is 23.6 Å². The van der Waals surface area contributed by atoms with Crippen LogP contribution in [0.2, 0.25) is 0 Å². The number of anilines is 1. The molecule has 0 bridgehead atoms. The lowest BCUT2D eigenvalue weighted by Gasteiger charge is -2.30. The fraction of sp³-hybridized carbons (Fsp3) is 0.216. The number of rotatable bonds is 9. The maximum absolute atomic E-state index is 13.9. The average Bonchev–Trinajstić information content (AvgIpc) is 3.70. The third-order valence-corrected chi connectivity index (χ3v) is 10.2. The molecule has 7 rings (SSSR count). The number of piperidine rings is 1. The maximum atomic E-state index is 13.9. The van der Waals surface area contributed by atoms with Crippen molar-refractivity contribution in [2.45, 2.75) is 37.3 Å². The summed E-state index contributed by atoms with van der Waals surface area (Å²) in [6.07, 6.45) is 8.44. The van der Waals surface area contributed by atoms with Gasteiger partial charge >= 0.3 is 0 Å². The molecule has 1 aliphatic heterocycles. The van der Waals surface area contributed by atoms with Crippen LogP contribution in [0.3, 0.4) is 0 Å². The number of aryl methyl sites for hydroxylation is 1. The van der Waals surface area contributed by atoms with Gasteiger partial charge in [-0.3, -0.25) is 9.48 Å². The van der Waals surface area contributed by atoms with E-state index in [0.717, 1.165) is 57.9 Å². The lowest BCUT2D eigenvalue weighted by atomic mass is 10.1. The lowest BCUT2D eigenvalue weighted by molar-refractivity contribution is 0.102. The van der Waals surface area contributed by atoms with Crippen LogP contribution in [-0.4, -0.2) is 64.2 Å². The summed E-state index contributed by atoms with van der Waals surface area (Å²) in [4.78, 5) is 20.6. The van der Waals surface area contributed by atoms with Crippen molar-refractivity contribution in [2.75, 3.05) is 25.5 Å². The van der Waals surface area contributed by atoms with Gasteiger partial charge in [0.2, 0.25) is 0 Å². The number of hydrogen-bond donors (Lipinski definition) is 1. The monoisotopic (exact) mass is 660 g/mol. The Morgan fingerprint density at radius 2 is 1.77 bits per heavy atom. The van der Waals surface area contributed by atoms with E-state index in [1.165, 1.54) is 12.4 Å². The highest BCUT2D eigenvalue weighted by Crippen LogP contribution is 2.33. The summed E-state index contributed by atoms with van der Waals surface area (Å²) in [7, 11) is -1.93. The molecule has 1 unspecified atom stereocenters. The average molecular weight is 661 g/mol. The van der Waals surface area contributed by atoms with E-state index >= 15 is 0 Å². The molecule has 1 N–H and O–H groups in total. The van der Waals surface area contributed by atoms with Gasteiger partial charge in [-0.05, 0) is 74.8 Å². The predicted octanol–water partition coefficient (Wildman–Crippen LogP) is 6.22. The Bertz CT molecular complexity index is 2190. The number of carbonyl (C=O) groups excluding carboxylic acids is 1. The van der Waals surface area contributed by atoms with Gasteiger partial charge in [0, 0.05) is 36.1 Å². The van der Waals surface area contributed by atoms with Gasteiger partial charge in [-0.15, -0.1) is 0 Å². The normalized spacial score (nSPS) is 15.4. The fourth-order valence-electron chi connectivity index (χ4n) is 6.03. The van der Waals surface area contributed by atoms with Crippen LogP contribution in [0.4, 0.5) is 5.69 Å². The zero-order valence-corrected chi connectivity index (χ0v) is 27.6. The summed E-state index contributed by atoms with van der Waals surface area (Å²) >= 11 is 0. The zero-order chi connectivity index (χ0) is 33.3. The largest absolute Gasteiger partial charge is 0.489 e. The molecule has 244 valence electrons. The molecule has 0 saturated carbocycles. The molecule has 1 aliphatic rings. The number of aromatic nitrogens is 4. The smallest absolute Gasteiger partial charge is 0.269 e. The van der Waals surface area contributed by atoms with Crippen LogP contribution in [0.5, 0.6) is 5.75 Å². The standard InChI is InChI=1S/C37H36N6O4S/c1-26-13-15-33(16-14-26)48(45,46)43-25-35(40-37(44)30-21-39-42(23-30)22-27-8-4-3-5-9-27)34-19-29(20-38-36(34)43)28-10-6-11-31(18-28)47-32-12-7-17-41(2)24-32/h3-6,8-11,13-16,18-21,23,25,32H,7,12,17,22,24H2,1-2H3,(H,40,44). The van der Waals surface area contributed by atoms with Crippen molar-refractivity contribution in [3.05, 3.63) is 126 Å². The molecule has 1 atom stereocenters. The minimum absolute atomic E-state index is 0.111. The summed E-state index contributed by atoms with van der Waals surface area (Å²) in [5.41, 5.74) is 4.47. The van der Waals surface area contributed by atoms with E-state index in [1.807, 2.05) is 67.6 Å². The van der Waals surface area contributed by atoms with Crippen molar-refractivity contribution < 1.29 is 17.9 Å². The van der Waals surface area contributed by atoms with Gasteiger partial charge in [0.05, 0.1) is 28.9 Å². The molecule has 0 spiro atoms. The third kappa shape index (κ3) is 6.60. The number of likely N-dealkylation sites (N-methyl/N-ethyl adjacent to an activating group) is 1. The summed E-state index contributed by atoms with van der Waals surface area (Å²) in [5, 5.41) is 7.78. The molecule has 0 radical (unpaired) electrons. The van der Waals surface area contributed by atoms with Gasteiger partial charge in [-0.1, -0.05) is 60.2 Å². The van der Waals surface area contributed by atoms with Crippen LogP contribution in [0.15, 0.2) is 115 Å². The van der Waals surface area contributed by atoms with Crippen LogP contribution in [0.1, 0.15) is 34.3 Å². The molecule has 6 aromatic rings. The van der Waals surface area contributed by atoms with E-state index in [-0.39, 0.29) is 16.6 Å². The number of benzene rings is 3. The number of pyridine rings is 1. The second-order valence-electron chi connectivity index (χ2n) is 12.3. The number of likely N-dealkylation sites (tertiary alicyclic amines) is 1. The molecule has 3 aromatic carbocycles. The van der Waals surface area contributed by atoms with Gasteiger partial charge in [0.15, 0.2) is 5.65 Å². The Morgan fingerprint density at radius 1 is 0.958 bits per heavy atom. The summed E-state index contributed by atoms with van der Waals surface area (Å²) in [6, 6.07) is 26.1. The Morgan fingerprint density at radius 3 is 2.56 bits per heavy atom. The molecule has 1 amide bonds. The lowest BCUT2D eigenvalue weighted by Crippen LogP contribution is -2.38. The number of nitrogens with zero attached hydrogens (tertiary/aromatic N) is 5. The molecule has 48 heavy (non-hydrogen) atoms. The number of hydrogen-bond acceptors (Lipinski definition) is 7. The van der Waals surface area contributed by atoms with Gasteiger partial charge < -0.3 is 15.0 Å². The number of amides is 1. The predicted molar refractivity (Wildman–Crippen MR) is 186 cm³/mol. The number of ether oxygens (including phenoxy) is 1. The summed E-state index contributed by atoms with van der Waals surface area (Å²) in [5.74, 6) is 0.341. The SMILES string of the molecule is Cc1ccc(S(=O)(=O)n2cc(NC(=O)c3cnn(Cc4ccccc4)c3)c3cc(-c4cccc(OC5CCCN(C)C5)c4)cnc32)cc1. The van der Waals surface area contributed by atoms with Crippen LogP contribution in [0.25, 0.3) is 22.2 Å². The van der Waals surface area contributed by atoms with E-state index in [1.54, 1.807) is 41.3 Å². The van der Waals surface area contributed by atoms with Gasteiger partial charge in [0.25, 0.3) is 15.9 Å². The van der Waals surface area contributed by atoms with Crippen LogP contribution >= 0.6 is 0 Å². The first-order valence-corrected chi connectivity index (χ1v) is 17.3. The van der Waals surface area contributed by atoms with Gasteiger partial charge in [0.1, 0.15) is 11.9 Å². The van der Waals surface area contributed by atoms with Crippen molar-refractivity contribution in [3.8, 4) is 16.9 Å². The first kappa shape index (κ1) is 31.3. The van der Waals surface area contributed by atoms with Crippen LogP contribution in [0, 0.1) is 6.92 Å². The highest BCUT2D eigenvalue weighted by Gasteiger charge is 2.24. The summed E-state index contributed by atoms with van der Waals surface area (Å²) in [6.45, 7) is 4.35. The molecule has 3 aromatic heterocycles. The van der Waals surface area contributed by atoms with Crippen LogP contribution in [-0.2, 0) is 16.6 Å². The van der Waals surface area contributed by atoms with E-state index in [2.05, 4.69) is 27.3 Å². The third-order valence-electron chi connectivity index (χ3n) is 8.57. The Labute approximate surface area is 279 Å². The Balaban J connectivity index is 1.24. The molecule has 4 heterocycles. The highest BCUT2D eigenvalue weighted by molar-refractivity contribution is 7.90. The number of carbonyl (C=O) groups is 1. The molecular weight excluding hydrogens is 625 g/mol. The fourth-order valence-corrected chi connectivity index (χ4v) is 7.36. The highest BCUT2D eigenvalue weighted by atomic mass is 32.2. The number of nitrogens with one attached hydrogen (secondary N) is 1. The Kier molecular flexibility index (Phi) is 8.55. The quantitative estimate of drug-likeness (QED) is 0.196. The Hall–Kier alpha value is -5.26. The van der Waals surface area contributed by atoms with E-state index in [4.69, 9.17) is 4.74 Å². The molecule has 0 aliphatic carbocycles. The van der Waals surface area contributed by atoms with Crippen molar-refractivity contribution in [2.24, 2.45) is 0 Å². The minimum Gasteiger partial charge on any atom is -0.489 e. The zero-order valence-electron chi connectivity index (χ0n) is 26.8.